The van der Waals surface area contributed by atoms with Crippen LogP contribution in [0.1, 0.15) is 24.5 Å². The van der Waals surface area contributed by atoms with Gasteiger partial charge >= 0.3 is 0 Å². The summed E-state index contributed by atoms with van der Waals surface area (Å²) in [6.45, 7) is 3.10. The van der Waals surface area contributed by atoms with Gasteiger partial charge in [0.15, 0.2) is 5.54 Å². The molecule has 8 heteroatoms. The van der Waals surface area contributed by atoms with E-state index in [1.807, 2.05) is 33.2 Å². The number of aliphatic hydroxyl groups is 1. The number of hydrogen-bond donors (Lipinski definition) is 2. The van der Waals surface area contributed by atoms with Gasteiger partial charge in [0.25, 0.3) is 17.6 Å². The van der Waals surface area contributed by atoms with Crippen LogP contribution in [0.25, 0.3) is 5.76 Å². The second kappa shape index (κ2) is 8.65. The zero-order chi connectivity index (χ0) is 23.9. The van der Waals surface area contributed by atoms with E-state index in [4.69, 9.17) is 11.6 Å². The van der Waals surface area contributed by atoms with Gasteiger partial charge in [-0.1, -0.05) is 36.7 Å². The molecular weight excluding hydrogens is 442 g/mol. The molecule has 172 valence electrons. The number of benzene rings is 2. The van der Waals surface area contributed by atoms with E-state index in [1.54, 1.807) is 41.3 Å². The Balaban J connectivity index is 2.04. The summed E-state index contributed by atoms with van der Waals surface area (Å²) in [6, 6.07) is 13.5. The molecule has 0 bridgehead atoms. The van der Waals surface area contributed by atoms with Crippen molar-refractivity contribution >= 4 is 40.6 Å². The van der Waals surface area contributed by atoms with Crippen molar-refractivity contribution in [2.75, 3.05) is 38.6 Å². The molecule has 2 aliphatic rings. The minimum Gasteiger partial charge on any atom is -0.507 e. The van der Waals surface area contributed by atoms with Crippen molar-refractivity contribution in [2.45, 2.75) is 18.9 Å². The third kappa shape index (κ3) is 3.43. The van der Waals surface area contributed by atoms with Gasteiger partial charge in [0, 0.05) is 22.7 Å². The van der Waals surface area contributed by atoms with Gasteiger partial charge < -0.3 is 19.8 Å². The number of ketones is 1. The largest absolute Gasteiger partial charge is 0.507 e. The molecule has 2 amide bonds. The molecule has 1 unspecified atom stereocenters. The predicted molar refractivity (Wildman–Crippen MR) is 126 cm³/mol. The minimum absolute atomic E-state index is 0.185. The molecule has 2 heterocycles. The summed E-state index contributed by atoms with van der Waals surface area (Å²) in [6.07, 6.45) is 0.697. The first-order valence-corrected chi connectivity index (χ1v) is 11.4. The number of Topliss-reactive ketones (excluding diaryl/α,β-unsaturated/α-hetero) is 1. The van der Waals surface area contributed by atoms with Crippen molar-refractivity contribution in [3.8, 4) is 0 Å². The molecule has 0 radical (unpaired) electrons. The summed E-state index contributed by atoms with van der Waals surface area (Å²) in [5.74, 6) is -2.42. The smallest absolute Gasteiger partial charge is 0.296 e. The SMILES string of the molecule is CCCN1C(=O)C2(C(=C(O)c3ccc(Cl)cc3)C(=O)C(=O)N2CC[NH+](C)C)c2ccccc21. The highest BCUT2D eigenvalue weighted by Crippen LogP contribution is 2.53. The van der Waals surface area contributed by atoms with Crippen molar-refractivity contribution in [3.63, 3.8) is 0 Å². The highest BCUT2D eigenvalue weighted by Gasteiger charge is 2.67. The van der Waals surface area contributed by atoms with Gasteiger partial charge in [0.2, 0.25) is 0 Å². The Morgan fingerprint density at radius 2 is 1.70 bits per heavy atom. The second-order valence-corrected chi connectivity index (χ2v) is 9.09. The molecule has 33 heavy (non-hydrogen) atoms. The van der Waals surface area contributed by atoms with Gasteiger partial charge in [0.05, 0.1) is 38.4 Å². The zero-order valence-corrected chi connectivity index (χ0v) is 19.6. The van der Waals surface area contributed by atoms with Crippen LogP contribution in [-0.2, 0) is 19.9 Å². The first-order valence-electron chi connectivity index (χ1n) is 11.0. The lowest BCUT2D eigenvalue weighted by Gasteiger charge is -2.34. The number of nitrogens with zero attached hydrogens (tertiary/aromatic N) is 2. The lowest BCUT2D eigenvalue weighted by molar-refractivity contribution is -0.857. The van der Waals surface area contributed by atoms with Crippen LogP contribution in [0, 0.1) is 0 Å². The fourth-order valence-corrected chi connectivity index (χ4v) is 4.83. The van der Waals surface area contributed by atoms with E-state index >= 15 is 0 Å². The average Bonchev–Trinajstić information content (AvgIpc) is 3.16. The second-order valence-electron chi connectivity index (χ2n) is 8.66. The lowest BCUT2D eigenvalue weighted by Crippen LogP contribution is -3.06. The minimum atomic E-state index is -1.71. The molecule has 1 saturated heterocycles. The fraction of sp³-hybridized carbons (Fsp3) is 0.320. The number of anilines is 1. The number of likely N-dealkylation sites (N-methyl/N-ethyl adjacent to an activating group) is 1. The maximum Gasteiger partial charge on any atom is 0.296 e. The van der Waals surface area contributed by atoms with Crippen molar-refractivity contribution in [1.82, 2.24) is 4.90 Å². The highest BCUT2D eigenvalue weighted by atomic mass is 35.5. The number of fused-ring (bicyclic) bond motifs is 2. The number of likely N-dealkylation sites (tertiary alicyclic amines) is 1. The Morgan fingerprint density at radius 1 is 1.03 bits per heavy atom. The van der Waals surface area contributed by atoms with Gasteiger partial charge in [-0.05, 0) is 36.8 Å². The van der Waals surface area contributed by atoms with Crippen molar-refractivity contribution in [2.24, 2.45) is 0 Å². The molecule has 1 spiro atoms. The number of para-hydroxylation sites is 1. The maximum atomic E-state index is 14.1. The lowest BCUT2D eigenvalue weighted by atomic mass is 9.82. The number of carbonyl (C=O) groups is 3. The third-order valence-electron chi connectivity index (χ3n) is 6.21. The molecule has 1 atom stereocenters. The topological polar surface area (TPSA) is 82.4 Å². The first-order chi connectivity index (χ1) is 15.7. The standard InChI is InChI=1S/C25H26ClN3O4/c1-4-13-28-19-8-6-5-7-18(19)25(24(28)33)20(21(30)16-9-11-17(26)12-10-16)22(31)23(32)29(25)15-14-27(2)3/h5-12,30H,4,13-15H2,1-3H3/p+1. The molecule has 1 fully saturated rings. The molecule has 2 aromatic carbocycles. The maximum absolute atomic E-state index is 14.1. The van der Waals surface area contributed by atoms with Crippen LogP contribution in [0.3, 0.4) is 0 Å². The number of amides is 2. The highest BCUT2D eigenvalue weighted by molar-refractivity contribution is 6.50. The number of halogens is 1. The summed E-state index contributed by atoms with van der Waals surface area (Å²) in [5, 5.41) is 11.8. The molecule has 0 saturated carbocycles. The van der Waals surface area contributed by atoms with Crippen LogP contribution in [0.2, 0.25) is 5.02 Å². The first kappa shape index (κ1) is 23.0. The normalized spacial score (nSPS) is 21.5. The summed E-state index contributed by atoms with van der Waals surface area (Å²) in [4.78, 5) is 44.9. The number of carbonyl (C=O) groups excluding carboxylic acids is 3. The van der Waals surface area contributed by atoms with E-state index in [0.29, 0.717) is 41.3 Å². The zero-order valence-electron chi connectivity index (χ0n) is 18.9. The van der Waals surface area contributed by atoms with Crippen molar-refractivity contribution < 1.29 is 24.4 Å². The summed E-state index contributed by atoms with van der Waals surface area (Å²) in [5.41, 5.74) is -0.407. The van der Waals surface area contributed by atoms with Crippen LogP contribution in [0.5, 0.6) is 0 Å². The number of hydrogen-bond acceptors (Lipinski definition) is 4. The number of aliphatic hydroxyl groups excluding tert-OH is 1. The summed E-state index contributed by atoms with van der Waals surface area (Å²) in [7, 11) is 3.87. The Kier molecular flexibility index (Phi) is 6.03. The average molecular weight is 469 g/mol. The molecule has 7 nitrogen and oxygen atoms in total. The molecule has 0 aromatic heterocycles. The Labute approximate surface area is 197 Å². The van der Waals surface area contributed by atoms with E-state index in [2.05, 4.69) is 0 Å². The van der Waals surface area contributed by atoms with E-state index in [1.165, 1.54) is 4.90 Å². The summed E-state index contributed by atoms with van der Waals surface area (Å²) >= 11 is 6.00. The van der Waals surface area contributed by atoms with Crippen LogP contribution in [0.15, 0.2) is 54.1 Å². The number of nitrogens with one attached hydrogen (secondary N) is 1. The monoisotopic (exact) mass is 468 g/mol. The van der Waals surface area contributed by atoms with Gasteiger partial charge in [-0.25, -0.2) is 0 Å². The molecule has 4 rings (SSSR count). The predicted octanol–water partition coefficient (Wildman–Crippen LogP) is 1.82. The third-order valence-corrected chi connectivity index (χ3v) is 6.46. The quantitative estimate of drug-likeness (QED) is 0.385. The van der Waals surface area contributed by atoms with Crippen LogP contribution >= 0.6 is 11.6 Å². The van der Waals surface area contributed by atoms with E-state index in [-0.39, 0.29) is 17.9 Å². The van der Waals surface area contributed by atoms with Gasteiger partial charge in [-0.3, -0.25) is 14.4 Å². The molecule has 2 N–H and O–H groups in total. The number of rotatable bonds is 6. The Hall–Kier alpha value is -3.16. The number of quaternary nitrogens is 1. The van der Waals surface area contributed by atoms with Crippen molar-refractivity contribution in [3.05, 3.63) is 70.3 Å². The van der Waals surface area contributed by atoms with Crippen LogP contribution in [0.4, 0.5) is 5.69 Å². The Morgan fingerprint density at radius 3 is 2.33 bits per heavy atom. The molecule has 0 aliphatic carbocycles. The Bertz CT molecular complexity index is 1160. The van der Waals surface area contributed by atoms with Crippen LogP contribution < -0.4 is 9.80 Å². The van der Waals surface area contributed by atoms with E-state index in [9.17, 15) is 19.5 Å². The summed E-state index contributed by atoms with van der Waals surface area (Å²) < 4.78 is 0. The van der Waals surface area contributed by atoms with Gasteiger partial charge in [-0.15, -0.1) is 0 Å². The van der Waals surface area contributed by atoms with Crippen LogP contribution in [-0.4, -0.2) is 61.3 Å². The van der Waals surface area contributed by atoms with Gasteiger partial charge in [-0.2, -0.15) is 0 Å². The van der Waals surface area contributed by atoms with Gasteiger partial charge in [0.1, 0.15) is 5.76 Å². The van der Waals surface area contributed by atoms with Crippen molar-refractivity contribution in [1.29, 1.82) is 0 Å². The molecule has 2 aromatic rings. The van der Waals surface area contributed by atoms with E-state index < -0.39 is 23.1 Å². The molecular formula is C25H27ClN3O4+. The fourth-order valence-electron chi connectivity index (χ4n) is 4.70. The molecule has 2 aliphatic heterocycles. The van der Waals surface area contributed by atoms with E-state index in [0.717, 1.165) is 4.90 Å².